The highest BCUT2D eigenvalue weighted by atomic mass is 15.2. The maximum atomic E-state index is 3.92. The van der Waals surface area contributed by atoms with Crippen LogP contribution in [0.2, 0.25) is 0 Å². The Bertz CT molecular complexity index is 289. The van der Waals surface area contributed by atoms with E-state index in [0.29, 0.717) is 0 Å². The Morgan fingerprint density at radius 2 is 2.00 bits per heavy atom. The zero-order valence-electron chi connectivity index (χ0n) is 9.56. The molecule has 82 valence electrons. The van der Waals surface area contributed by atoms with E-state index < -0.39 is 0 Å². The number of hydrogen-bond donors (Lipinski definition) is 0. The van der Waals surface area contributed by atoms with Gasteiger partial charge in [0, 0.05) is 13.1 Å². The maximum absolute atomic E-state index is 3.92. The molecule has 3 nitrogen and oxygen atoms in total. The minimum atomic E-state index is 0.822. The van der Waals surface area contributed by atoms with Gasteiger partial charge in [0.05, 0.1) is 18.1 Å². The molecular formula is C12H19N3. The number of piperidine rings is 1. The molecular weight excluding hydrogens is 186 g/mol. The Morgan fingerprint density at radius 1 is 1.27 bits per heavy atom. The lowest BCUT2D eigenvalue weighted by atomic mass is 9.86. The second kappa shape index (κ2) is 4.60. The fraction of sp³-hybridized carbons (Fsp3) is 0.667. The van der Waals surface area contributed by atoms with Gasteiger partial charge in [-0.25, -0.2) is 0 Å². The molecule has 1 aromatic rings. The summed E-state index contributed by atoms with van der Waals surface area (Å²) in [7, 11) is 0. The van der Waals surface area contributed by atoms with Gasteiger partial charge in [-0.1, -0.05) is 13.8 Å². The maximum Gasteiger partial charge on any atom is 0.0729 e. The van der Waals surface area contributed by atoms with Crippen molar-refractivity contribution in [3.8, 4) is 0 Å². The molecule has 0 unspecified atom stereocenters. The van der Waals surface area contributed by atoms with Crippen molar-refractivity contribution in [2.24, 2.45) is 11.8 Å². The van der Waals surface area contributed by atoms with Crippen molar-refractivity contribution in [3.63, 3.8) is 0 Å². The molecule has 0 bridgehead atoms. The van der Waals surface area contributed by atoms with Crippen molar-refractivity contribution in [2.75, 3.05) is 18.0 Å². The zero-order valence-corrected chi connectivity index (χ0v) is 9.56. The summed E-state index contributed by atoms with van der Waals surface area (Å²) in [6, 6.07) is 2.04. The highest BCUT2D eigenvalue weighted by Gasteiger charge is 2.21. The average Bonchev–Trinajstić information content (AvgIpc) is 2.30. The van der Waals surface area contributed by atoms with Crippen LogP contribution in [0.15, 0.2) is 18.5 Å². The monoisotopic (exact) mass is 205 g/mol. The molecule has 0 amide bonds. The molecule has 1 aliphatic rings. The van der Waals surface area contributed by atoms with Crippen LogP contribution in [0.3, 0.4) is 0 Å². The Labute approximate surface area is 91.5 Å². The van der Waals surface area contributed by atoms with Gasteiger partial charge in [-0.2, -0.15) is 10.2 Å². The van der Waals surface area contributed by atoms with Crippen molar-refractivity contribution in [1.29, 1.82) is 0 Å². The van der Waals surface area contributed by atoms with Crippen LogP contribution >= 0.6 is 0 Å². The van der Waals surface area contributed by atoms with E-state index in [9.17, 15) is 0 Å². The number of hydrogen-bond acceptors (Lipinski definition) is 3. The van der Waals surface area contributed by atoms with E-state index in [2.05, 4.69) is 28.9 Å². The molecule has 0 atom stereocenters. The van der Waals surface area contributed by atoms with Gasteiger partial charge in [0.2, 0.25) is 0 Å². The predicted molar refractivity (Wildman–Crippen MR) is 61.8 cm³/mol. The van der Waals surface area contributed by atoms with Crippen molar-refractivity contribution in [3.05, 3.63) is 18.5 Å². The largest absolute Gasteiger partial charge is 0.370 e. The van der Waals surface area contributed by atoms with E-state index in [4.69, 9.17) is 0 Å². The fourth-order valence-electron chi connectivity index (χ4n) is 2.30. The van der Waals surface area contributed by atoms with E-state index in [1.807, 2.05) is 12.3 Å². The van der Waals surface area contributed by atoms with Gasteiger partial charge in [-0.05, 0) is 30.7 Å². The number of aromatic nitrogens is 2. The molecule has 0 N–H and O–H groups in total. The van der Waals surface area contributed by atoms with Gasteiger partial charge < -0.3 is 4.90 Å². The Morgan fingerprint density at radius 3 is 2.53 bits per heavy atom. The van der Waals surface area contributed by atoms with Gasteiger partial charge in [-0.3, -0.25) is 0 Å². The lowest BCUT2D eigenvalue weighted by Gasteiger charge is -2.34. The number of anilines is 1. The van der Waals surface area contributed by atoms with E-state index in [1.54, 1.807) is 6.20 Å². The predicted octanol–water partition coefficient (Wildman–Crippen LogP) is 2.35. The highest BCUT2D eigenvalue weighted by molar-refractivity contribution is 5.42. The van der Waals surface area contributed by atoms with Gasteiger partial charge >= 0.3 is 0 Å². The van der Waals surface area contributed by atoms with E-state index >= 15 is 0 Å². The van der Waals surface area contributed by atoms with Crippen LogP contribution in [-0.4, -0.2) is 23.3 Å². The summed E-state index contributed by atoms with van der Waals surface area (Å²) >= 11 is 0. The first kappa shape index (κ1) is 10.4. The molecule has 1 fully saturated rings. The minimum absolute atomic E-state index is 0.822. The summed E-state index contributed by atoms with van der Waals surface area (Å²) in [5, 5.41) is 7.73. The van der Waals surface area contributed by atoms with Crippen molar-refractivity contribution >= 4 is 5.69 Å². The molecule has 0 spiro atoms. The van der Waals surface area contributed by atoms with Crippen LogP contribution in [0.1, 0.15) is 26.7 Å². The van der Waals surface area contributed by atoms with Crippen LogP contribution in [0.4, 0.5) is 5.69 Å². The van der Waals surface area contributed by atoms with Crippen LogP contribution in [0, 0.1) is 11.8 Å². The second-order valence-electron chi connectivity index (χ2n) is 4.67. The first-order valence-corrected chi connectivity index (χ1v) is 5.79. The zero-order chi connectivity index (χ0) is 10.7. The second-order valence-corrected chi connectivity index (χ2v) is 4.67. The molecule has 2 heterocycles. The van der Waals surface area contributed by atoms with Crippen molar-refractivity contribution in [1.82, 2.24) is 10.2 Å². The van der Waals surface area contributed by atoms with E-state index in [0.717, 1.165) is 24.9 Å². The summed E-state index contributed by atoms with van der Waals surface area (Å²) in [6.07, 6.45) is 6.24. The average molecular weight is 205 g/mol. The molecule has 2 rings (SSSR count). The van der Waals surface area contributed by atoms with Gasteiger partial charge in [-0.15, -0.1) is 0 Å². The van der Waals surface area contributed by atoms with Crippen LogP contribution in [-0.2, 0) is 0 Å². The molecule has 15 heavy (non-hydrogen) atoms. The molecule has 1 aromatic heterocycles. The Kier molecular flexibility index (Phi) is 3.19. The Balaban J connectivity index is 1.94. The SMILES string of the molecule is CC(C)C1CCN(c2ccnnc2)CC1. The topological polar surface area (TPSA) is 29.0 Å². The normalized spacial score (nSPS) is 18.5. The standard InChI is InChI=1S/C12H19N3/c1-10(2)11-4-7-15(8-5-11)12-3-6-13-14-9-12/h3,6,9-11H,4-5,7-8H2,1-2H3. The minimum Gasteiger partial charge on any atom is -0.370 e. The quantitative estimate of drug-likeness (QED) is 0.742. The third kappa shape index (κ3) is 2.46. The van der Waals surface area contributed by atoms with Crippen molar-refractivity contribution in [2.45, 2.75) is 26.7 Å². The lowest BCUT2D eigenvalue weighted by molar-refractivity contribution is 0.311. The third-order valence-electron chi connectivity index (χ3n) is 3.42. The van der Waals surface area contributed by atoms with Gasteiger partial charge in [0.1, 0.15) is 0 Å². The van der Waals surface area contributed by atoms with Crippen molar-refractivity contribution < 1.29 is 0 Å². The first-order chi connectivity index (χ1) is 7.27. The number of nitrogens with zero attached hydrogens (tertiary/aromatic N) is 3. The molecule has 1 aliphatic heterocycles. The summed E-state index contributed by atoms with van der Waals surface area (Å²) in [4.78, 5) is 2.41. The summed E-state index contributed by atoms with van der Waals surface area (Å²) in [5.74, 6) is 1.72. The summed E-state index contributed by atoms with van der Waals surface area (Å²) in [6.45, 7) is 6.98. The van der Waals surface area contributed by atoms with Gasteiger partial charge in [0.25, 0.3) is 0 Å². The highest BCUT2D eigenvalue weighted by Crippen LogP contribution is 2.26. The molecule has 0 radical (unpaired) electrons. The summed E-state index contributed by atoms with van der Waals surface area (Å²) in [5.41, 5.74) is 1.22. The smallest absolute Gasteiger partial charge is 0.0729 e. The molecule has 0 aromatic carbocycles. The van der Waals surface area contributed by atoms with E-state index in [-0.39, 0.29) is 0 Å². The fourth-order valence-corrected chi connectivity index (χ4v) is 2.30. The van der Waals surface area contributed by atoms with Crippen LogP contribution in [0.25, 0.3) is 0 Å². The van der Waals surface area contributed by atoms with Crippen LogP contribution < -0.4 is 4.90 Å². The lowest BCUT2D eigenvalue weighted by Crippen LogP contribution is -2.35. The van der Waals surface area contributed by atoms with E-state index in [1.165, 1.54) is 18.5 Å². The molecule has 0 aliphatic carbocycles. The Hall–Kier alpha value is -1.12. The van der Waals surface area contributed by atoms with Crippen LogP contribution in [0.5, 0.6) is 0 Å². The first-order valence-electron chi connectivity index (χ1n) is 5.79. The third-order valence-corrected chi connectivity index (χ3v) is 3.42. The molecule has 0 saturated carbocycles. The molecule has 1 saturated heterocycles. The van der Waals surface area contributed by atoms with Gasteiger partial charge in [0.15, 0.2) is 0 Å². The summed E-state index contributed by atoms with van der Waals surface area (Å²) < 4.78 is 0. The number of rotatable bonds is 2. The molecule has 3 heteroatoms.